The Labute approximate surface area is 223 Å². The molecule has 0 radical (unpaired) electrons. The van der Waals surface area contributed by atoms with Gasteiger partial charge in [-0.15, -0.1) is 0 Å². The third-order valence-corrected chi connectivity index (χ3v) is 9.72. The van der Waals surface area contributed by atoms with Crippen LogP contribution >= 0.6 is 10.7 Å². The van der Waals surface area contributed by atoms with Crippen molar-refractivity contribution < 1.29 is 9.18 Å². The zero-order chi connectivity index (χ0) is 26.4. The number of H-pyrrole nitrogens is 1. The summed E-state index contributed by atoms with van der Waals surface area (Å²) in [4.78, 5) is 20.1. The Morgan fingerprint density at radius 2 is 2.00 bits per heavy atom. The van der Waals surface area contributed by atoms with Crippen LogP contribution in [-0.2, 0) is 6.42 Å². The summed E-state index contributed by atoms with van der Waals surface area (Å²) in [5, 5.41) is 14.2. The Balaban J connectivity index is 1.46. The van der Waals surface area contributed by atoms with Crippen LogP contribution in [0.5, 0.6) is 0 Å². The molecule has 1 saturated heterocycles. The third kappa shape index (κ3) is 4.06. The molecule has 38 heavy (non-hydrogen) atoms. The molecule has 3 aromatic heterocycles. The van der Waals surface area contributed by atoms with Gasteiger partial charge in [0.2, 0.25) is 0 Å². The van der Waals surface area contributed by atoms with Crippen molar-refractivity contribution in [3.8, 4) is 5.69 Å². The van der Waals surface area contributed by atoms with E-state index < -0.39 is 5.41 Å². The fourth-order valence-electron chi connectivity index (χ4n) is 5.64. The Morgan fingerprint density at radius 1 is 1.18 bits per heavy atom. The molecule has 1 unspecified atom stereocenters. The molecule has 1 aliphatic heterocycles. The molecule has 194 valence electrons. The molecular formula is C29H29FN6OS. The summed E-state index contributed by atoms with van der Waals surface area (Å²) in [6.07, 6.45) is 8.87. The Kier molecular flexibility index (Phi) is 6.20. The number of benzene rings is 1. The minimum Gasteiger partial charge on any atom is -0.291 e. The molecular weight excluding hydrogens is 499 g/mol. The predicted molar refractivity (Wildman–Crippen MR) is 148 cm³/mol. The van der Waals surface area contributed by atoms with Crippen LogP contribution in [0.1, 0.15) is 46.3 Å². The van der Waals surface area contributed by atoms with E-state index in [1.165, 1.54) is 12.1 Å². The molecule has 4 heterocycles. The number of ketones is 1. The number of pyridine rings is 1. The Hall–Kier alpha value is -3.69. The van der Waals surface area contributed by atoms with E-state index in [4.69, 9.17) is 0 Å². The van der Waals surface area contributed by atoms with Crippen molar-refractivity contribution in [3.63, 3.8) is 0 Å². The van der Waals surface area contributed by atoms with Crippen molar-refractivity contribution in [2.75, 3.05) is 13.1 Å². The van der Waals surface area contributed by atoms with Gasteiger partial charge in [0.15, 0.2) is 5.78 Å². The van der Waals surface area contributed by atoms with Gasteiger partial charge in [0.25, 0.3) is 0 Å². The second kappa shape index (κ2) is 9.56. The number of fused-ring (bicyclic) bond motifs is 2. The van der Waals surface area contributed by atoms with Crippen LogP contribution in [0.25, 0.3) is 11.8 Å². The first-order valence-electron chi connectivity index (χ1n) is 12.7. The molecule has 2 atom stereocenters. The monoisotopic (exact) mass is 528 g/mol. The summed E-state index contributed by atoms with van der Waals surface area (Å²) in [5.74, 6) is -0.243. The molecule has 7 nitrogen and oxygen atoms in total. The maximum atomic E-state index is 14.4. The van der Waals surface area contributed by atoms with E-state index in [0.29, 0.717) is 18.7 Å². The lowest BCUT2D eigenvalue weighted by Crippen LogP contribution is -2.50. The summed E-state index contributed by atoms with van der Waals surface area (Å²) in [6.45, 7) is 7.49. The van der Waals surface area contributed by atoms with Gasteiger partial charge in [0, 0.05) is 25.0 Å². The van der Waals surface area contributed by atoms with E-state index >= 15 is 0 Å². The molecule has 0 bridgehead atoms. The summed E-state index contributed by atoms with van der Waals surface area (Å²) in [6, 6.07) is 10.1. The van der Waals surface area contributed by atoms with Crippen LogP contribution in [0.4, 0.5) is 4.39 Å². The minimum atomic E-state index is -0.755. The lowest BCUT2D eigenvalue weighted by atomic mass is 9.65. The number of aromatic nitrogens is 5. The zero-order valence-electron chi connectivity index (χ0n) is 21.6. The Morgan fingerprint density at radius 3 is 2.71 bits per heavy atom. The third-order valence-electron chi connectivity index (χ3n) is 7.55. The van der Waals surface area contributed by atoms with E-state index in [1.807, 2.05) is 43.1 Å². The topological polar surface area (TPSA) is 79.7 Å². The molecule has 4 aromatic rings. The van der Waals surface area contributed by atoms with E-state index in [2.05, 4.69) is 43.0 Å². The van der Waals surface area contributed by atoms with Gasteiger partial charge in [-0.1, -0.05) is 16.2 Å². The predicted octanol–water partition coefficient (Wildman–Crippen LogP) is 5.33. The van der Waals surface area contributed by atoms with E-state index in [-0.39, 0.29) is 22.3 Å². The van der Waals surface area contributed by atoms with Gasteiger partial charge in [-0.2, -0.15) is 10.2 Å². The molecule has 0 saturated carbocycles. The quantitative estimate of drug-likeness (QED) is 0.280. The van der Waals surface area contributed by atoms with Crippen molar-refractivity contribution >= 4 is 27.9 Å². The molecule has 1 N–H and O–H groups in total. The smallest absolute Gasteiger partial charge is 0.193 e. The Bertz CT molecular complexity index is 1600. The van der Waals surface area contributed by atoms with Gasteiger partial charge in [-0.05, 0) is 92.6 Å². The summed E-state index contributed by atoms with van der Waals surface area (Å²) < 4.78 is 17.8. The highest BCUT2D eigenvalue weighted by atomic mass is 32.2. The fourth-order valence-corrected chi connectivity index (χ4v) is 7.64. The average molecular weight is 529 g/mol. The van der Waals surface area contributed by atoms with Crippen molar-refractivity contribution in [2.24, 2.45) is 5.41 Å². The summed E-state index contributed by atoms with van der Waals surface area (Å²) in [5.41, 5.74) is 5.63. The van der Waals surface area contributed by atoms with Crippen LogP contribution in [0, 0.1) is 25.1 Å². The SMILES string of the molecule is C/C=S(\c1cn[nH]c1C)N1CCC2=Cc3c(cnn3-c3ccc(F)cc3)C[C@]2(C(=O)c2cc(C)ccn2)C1. The largest absolute Gasteiger partial charge is 0.291 e. The zero-order valence-corrected chi connectivity index (χ0v) is 22.4. The van der Waals surface area contributed by atoms with Crippen LogP contribution in [0.2, 0.25) is 0 Å². The van der Waals surface area contributed by atoms with Gasteiger partial charge >= 0.3 is 0 Å². The van der Waals surface area contributed by atoms with Crippen molar-refractivity contribution in [1.29, 1.82) is 0 Å². The molecule has 1 aromatic carbocycles. The van der Waals surface area contributed by atoms with E-state index in [0.717, 1.165) is 51.6 Å². The number of hydrogen-bond acceptors (Lipinski definition) is 5. The standard InChI is InChI=1S/C29H29FN6OS/c1-4-38(27-17-32-34-20(27)3)35-12-10-22-14-26-21(16-33-36(26)24-7-5-23(30)6-8-24)15-29(22,18-35)28(37)25-13-19(2)9-11-31-25/h4-9,11,13-14,16-17H,10,12,15,18H2,1-3H3,(H,32,34)/t29-,38?/m0/s1. The number of piperidine rings is 1. The first-order chi connectivity index (χ1) is 18.4. The van der Waals surface area contributed by atoms with Crippen LogP contribution in [0.3, 0.4) is 0 Å². The molecule has 9 heteroatoms. The van der Waals surface area contributed by atoms with Crippen LogP contribution in [-0.4, -0.2) is 53.5 Å². The molecule has 1 aliphatic carbocycles. The van der Waals surface area contributed by atoms with Gasteiger partial charge in [-0.25, -0.2) is 9.07 Å². The highest BCUT2D eigenvalue weighted by Gasteiger charge is 2.49. The first-order valence-corrected chi connectivity index (χ1v) is 13.9. The lowest BCUT2D eigenvalue weighted by molar-refractivity contribution is 0.0775. The van der Waals surface area contributed by atoms with E-state index in [9.17, 15) is 9.18 Å². The molecule has 6 rings (SSSR count). The maximum Gasteiger partial charge on any atom is 0.193 e. The second-order valence-corrected chi connectivity index (χ2v) is 12.0. The highest BCUT2D eigenvalue weighted by molar-refractivity contribution is 8.13. The number of Topliss-reactive ketones (excluding diaryl/α,β-unsaturated/α-hetero) is 1. The van der Waals surface area contributed by atoms with Gasteiger partial charge in [0.1, 0.15) is 11.5 Å². The highest BCUT2D eigenvalue weighted by Crippen LogP contribution is 2.49. The van der Waals surface area contributed by atoms with Crippen LogP contribution < -0.4 is 0 Å². The lowest BCUT2D eigenvalue weighted by Gasteiger charge is -2.46. The van der Waals surface area contributed by atoms with Gasteiger partial charge in [-0.3, -0.25) is 19.2 Å². The average Bonchev–Trinajstić information content (AvgIpc) is 3.53. The second-order valence-electron chi connectivity index (χ2n) is 9.94. The minimum absolute atomic E-state index is 0.0425. The number of carbonyl (C=O) groups is 1. The normalized spacial score (nSPS) is 20.1. The van der Waals surface area contributed by atoms with Crippen molar-refractivity contribution in [1.82, 2.24) is 29.3 Å². The number of carbonyl (C=O) groups excluding carboxylic acids is 1. The number of rotatable bonds is 5. The number of hydrogen-bond donors (Lipinski definition) is 1. The number of halogens is 1. The maximum absolute atomic E-state index is 14.4. The number of nitrogens with zero attached hydrogens (tertiary/aromatic N) is 5. The van der Waals surface area contributed by atoms with E-state index in [1.54, 1.807) is 18.3 Å². The molecule has 0 amide bonds. The number of aryl methyl sites for hydroxylation is 2. The van der Waals surface area contributed by atoms with Gasteiger partial charge < -0.3 is 0 Å². The molecule has 1 fully saturated rings. The number of aromatic amines is 1. The molecule has 2 aliphatic rings. The summed E-state index contributed by atoms with van der Waals surface area (Å²) >= 11 is 0. The van der Waals surface area contributed by atoms with Crippen molar-refractivity contribution in [2.45, 2.75) is 38.5 Å². The number of nitrogens with one attached hydrogen (secondary N) is 1. The molecule has 0 spiro atoms. The van der Waals surface area contributed by atoms with Crippen molar-refractivity contribution in [3.05, 3.63) is 94.6 Å². The van der Waals surface area contributed by atoms with Crippen LogP contribution in [0.15, 0.2) is 65.5 Å². The first kappa shape index (κ1) is 24.6. The fraction of sp³-hybridized carbons (Fsp3) is 0.276. The van der Waals surface area contributed by atoms with Gasteiger partial charge in [0.05, 0.1) is 34.1 Å². The summed E-state index contributed by atoms with van der Waals surface area (Å²) in [7, 11) is -0.306.